The lowest BCUT2D eigenvalue weighted by Gasteiger charge is -2.37. The fourth-order valence-corrected chi connectivity index (χ4v) is 2.35. The molecule has 1 heteroatoms. The molecule has 2 aliphatic heterocycles. The molecule has 2 unspecified atom stereocenters. The van der Waals surface area contributed by atoms with E-state index in [-0.39, 0.29) is 0 Å². The van der Waals surface area contributed by atoms with Crippen LogP contribution in [0.2, 0.25) is 0 Å². The Bertz CT molecular complexity index is 193. The van der Waals surface area contributed by atoms with Gasteiger partial charge in [-0.1, -0.05) is 17.6 Å². The van der Waals surface area contributed by atoms with Gasteiger partial charge in [0.2, 0.25) is 0 Å². The monoisotopic (exact) mass is 151 g/mol. The SMILES string of the molecule is CC1=C(C)C2CCCC(C1)N2. The number of fused-ring (bicyclic) bond motifs is 2. The molecular formula is C10H17N. The summed E-state index contributed by atoms with van der Waals surface area (Å²) in [6.07, 6.45) is 5.47. The number of hydrogen-bond donors (Lipinski definition) is 1. The molecule has 2 atom stereocenters. The van der Waals surface area contributed by atoms with Gasteiger partial charge < -0.3 is 5.32 Å². The zero-order valence-electron chi connectivity index (χ0n) is 7.48. The molecule has 2 aliphatic rings. The second-order valence-corrected chi connectivity index (χ2v) is 4.01. The molecule has 2 heterocycles. The van der Waals surface area contributed by atoms with E-state index in [1.165, 1.54) is 25.7 Å². The summed E-state index contributed by atoms with van der Waals surface area (Å²) in [6.45, 7) is 4.58. The van der Waals surface area contributed by atoms with Crippen LogP contribution >= 0.6 is 0 Å². The van der Waals surface area contributed by atoms with Gasteiger partial charge in [0.25, 0.3) is 0 Å². The van der Waals surface area contributed by atoms with Crippen LogP contribution in [0.15, 0.2) is 11.1 Å². The van der Waals surface area contributed by atoms with E-state index in [1.54, 1.807) is 11.1 Å². The minimum absolute atomic E-state index is 0.725. The summed E-state index contributed by atoms with van der Waals surface area (Å²) >= 11 is 0. The first-order valence-electron chi connectivity index (χ1n) is 4.69. The van der Waals surface area contributed by atoms with Crippen molar-refractivity contribution in [3.8, 4) is 0 Å². The number of nitrogens with one attached hydrogen (secondary N) is 1. The van der Waals surface area contributed by atoms with Crippen molar-refractivity contribution in [3.63, 3.8) is 0 Å². The average Bonchev–Trinajstić information content (AvgIpc) is 2.01. The first-order valence-corrected chi connectivity index (χ1v) is 4.69. The third-order valence-electron chi connectivity index (χ3n) is 3.23. The molecule has 1 N–H and O–H groups in total. The van der Waals surface area contributed by atoms with Crippen LogP contribution in [0, 0.1) is 0 Å². The Hall–Kier alpha value is -0.300. The third kappa shape index (κ3) is 1.22. The first-order chi connectivity index (χ1) is 5.27. The van der Waals surface area contributed by atoms with Crippen LogP contribution in [-0.4, -0.2) is 12.1 Å². The summed E-state index contributed by atoms with van der Waals surface area (Å²) in [5.74, 6) is 0. The predicted octanol–water partition coefficient (Wildman–Crippen LogP) is 2.24. The molecule has 62 valence electrons. The van der Waals surface area contributed by atoms with Gasteiger partial charge in [-0.15, -0.1) is 0 Å². The third-order valence-corrected chi connectivity index (χ3v) is 3.23. The lowest BCUT2D eigenvalue weighted by atomic mass is 9.83. The van der Waals surface area contributed by atoms with Gasteiger partial charge in [0.1, 0.15) is 0 Å². The van der Waals surface area contributed by atoms with Crippen molar-refractivity contribution in [1.82, 2.24) is 5.32 Å². The van der Waals surface area contributed by atoms with E-state index in [0.29, 0.717) is 0 Å². The average molecular weight is 151 g/mol. The van der Waals surface area contributed by atoms with Crippen molar-refractivity contribution >= 4 is 0 Å². The molecule has 0 aromatic rings. The zero-order chi connectivity index (χ0) is 7.84. The molecule has 0 radical (unpaired) electrons. The van der Waals surface area contributed by atoms with Crippen molar-refractivity contribution in [1.29, 1.82) is 0 Å². The van der Waals surface area contributed by atoms with E-state index >= 15 is 0 Å². The second kappa shape index (κ2) is 2.63. The van der Waals surface area contributed by atoms with Crippen LogP contribution < -0.4 is 5.32 Å². The number of piperidine rings is 1. The van der Waals surface area contributed by atoms with Gasteiger partial charge in [-0.3, -0.25) is 0 Å². The van der Waals surface area contributed by atoms with Gasteiger partial charge in [0.15, 0.2) is 0 Å². The number of hydrogen-bond acceptors (Lipinski definition) is 1. The fourth-order valence-electron chi connectivity index (χ4n) is 2.35. The summed E-state index contributed by atoms with van der Waals surface area (Å²) in [5, 5.41) is 3.68. The summed E-state index contributed by atoms with van der Waals surface area (Å²) in [6, 6.07) is 1.53. The predicted molar refractivity (Wildman–Crippen MR) is 47.6 cm³/mol. The summed E-state index contributed by atoms with van der Waals surface area (Å²) in [4.78, 5) is 0. The summed E-state index contributed by atoms with van der Waals surface area (Å²) in [5.41, 5.74) is 3.25. The van der Waals surface area contributed by atoms with Crippen LogP contribution in [0.25, 0.3) is 0 Å². The van der Waals surface area contributed by atoms with E-state index in [4.69, 9.17) is 0 Å². The van der Waals surface area contributed by atoms with Crippen molar-refractivity contribution in [2.45, 2.75) is 51.6 Å². The molecule has 2 rings (SSSR count). The van der Waals surface area contributed by atoms with Gasteiger partial charge in [-0.2, -0.15) is 0 Å². The molecule has 0 spiro atoms. The van der Waals surface area contributed by atoms with E-state index < -0.39 is 0 Å². The molecule has 1 saturated heterocycles. The molecule has 1 fully saturated rings. The molecule has 2 bridgehead atoms. The lowest BCUT2D eigenvalue weighted by molar-refractivity contribution is 0.323. The van der Waals surface area contributed by atoms with Crippen molar-refractivity contribution in [2.24, 2.45) is 0 Å². The molecule has 0 amide bonds. The molecule has 0 aromatic heterocycles. The molecule has 1 nitrogen and oxygen atoms in total. The Balaban J connectivity index is 2.23. The fraction of sp³-hybridized carbons (Fsp3) is 0.800. The second-order valence-electron chi connectivity index (χ2n) is 4.01. The Morgan fingerprint density at radius 1 is 1.27 bits per heavy atom. The van der Waals surface area contributed by atoms with Gasteiger partial charge in [0, 0.05) is 12.1 Å². The maximum Gasteiger partial charge on any atom is 0.0281 e. The minimum Gasteiger partial charge on any atom is -0.307 e. The van der Waals surface area contributed by atoms with Crippen LogP contribution in [0.1, 0.15) is 39.5 Å². The highest BCUT2D eigenvalue weighted by Crippen LogP contribution is 2.29. The van der Waals surface area contributed by atoms with Gasteiger partial charge in [-0.25, -0.2) is 0 Å². The van der Waals surface area contributed by atoms with E-state index in [9.17, 15) is 0 Å². The van der Waals surface area contributed by atoms with Crippen LogP contribution in [0.3, 0.4) is 0 Å². The van der Waals surface area contributed by atoms with Crippen molar-refractivity contribution < 1.29 is 0 Å². The molecule has 0 saturated carbocycles. The first kappa shape index (κ1) is 7.35. The van der Waals surface area contributed by atoms with Gasteiger partial charge in [-0.05, 0) is 33.1 Å². The molecule has 11 heavy (non-hydrogen) atoms. The topological polar surface area (TPSA) is 12.0 Å². The Morgan fingerprint density at radius 2 is 2.09 bits per heavy atom. The smallest absolute Gasteiger partial charge is 0.0281 e. The van der Waals surface area contributed by atoms with E-state index in [0.717, 1.165) is 12.1 Å². The minimum atomic E-state index is 0.725. The number of rotatable bonds is 0. The molecular weight excluding hydrogens is 134 g/mol. The van der Waals surface area contributed by atoms with Gasteiger partial charge >= 0.3 is 0 Å². The maximum atomic E-state index is 3.68. The van der Waals surface area contributed by atoms with E-state index in [1.807, 2.05) is 0 Å². The van der Waals surface area contributed by atoms with Crippen LogP contribution in [0.4, 0.5) is 0 Å². The summed E-state index contributed by atoms with van der Waals surface area (Å²) < 4.78 is 0. The lowest BCUT2D eigenvalue weighted by Crippen LogP contribution is -2.46. The maximum absolute atomic E-state index is 3.68. The quantitative estimate of drug-likeness (QED) is 0.523. The Kier molecular flexibility index (Phi) is 1.76. The largest absolute Gasteiger partial charge is 0.307 e. The summed E-state index contributed by atoms with van der Waals surface area (Å²) in [7, 11) is 0. The normalized spacial score (nSPS) is 37.6. The van der Waals surface area contributed by atoms with E-state index in [2.05, 4.69) is 19.2 Å². The standard InChI is InChI=1S/C10H17N/c1-7-6-9-4-3-5-10(11-9)8(7)2/h9-11H,3-6H2,1-2H3. The molecule has 0 aliphatic carbocycles. The highest BCUT2D eigenvalue weighted by Gasteiger charge is 2.27. The van der Waals surface area contributed by atoms with Crippen LogP contribution in [-0.2, 0) is 0 Å². The Morgan fingerprint density at radius 3 is 2.91 bits per heavy atom. The highest BCUT2D eigenvalue weighted by molar-refractivity contribution is 5.22. The highest BCUT2D eigenvalue weighted by atomic mass is 15.0. The molecule has 0 aromatic carbocycles. The zero-order valence-corrected chi connectivity index (χ0v) is 7.48. The van der Waals surface area contributed by atoms with Crippen LogP contribution in [0.5, 0.6) is 0 Å². The van der Waals surface area contributed by atoms with Gasteiger partial charge in [0.05, 0.1) is 0 Å². The Labute approximate surface area is 68.9 Å². The van der Waals surface area contributed by atoms with Crippen molar-refractivity contribution in [2.75, 3.05) is 0 Å². The van der Waals surface area contributed by atoms with Crippen molar-refractivity contribution in [3.05, 3.63) is 11.1 Å².